The summed E-state index contributed by atoms with van der Waals surface area (Å²) in [5, 5.41) is 9.08. The average Bonchev–Trinajstić information content (AvgIpc) is 3.37. The van der Waals surface area contributed by atoms with E-state index in [-0.39, 0.29) is 22.9 Å². The summed E-state index contributed by atoms with van der Waals surface area (Å²) < 4.78 is 17.0. The fourth-order valence-corrected chi connectivity index (χ4v) is 6.20. The molecule has 0 amide bonds. The molecule has 1 atom stereocenters. The molecule has 2 aliphatic rings. The van der Waals surface area contributed by atoms with E-state index in [0.717, 1.165) is 44.1 Å². The molecule has 2 aliphatic carbocycles. The number of hydrogen-bond donors (Lipinski definition) is 0. The summed E-state index contributed by atoms with van der Waals surface area (Å²) in [5.74, 6) is -0.475. The van der Waals surface area contributed by atoms with Crippen molar-refractivity contribution >= 4 is 21.2 Å². The molecule has 0 saturated heterocycles. The largest absolute Gasteiger partial charge is 0.298 e. The summed E-state index contributed by atoms with van der Waals surface area (Å²) in [6.07, 6.45) is 8.21. The molecule has 2 aromatic rings. The Kier molecular flexibility index (Phi) is 5.22. The van der Waals surface area contributed by atoms with E-state index < -0.39 is 9.73 Å². The summed E-state index contributed by atoms with van der Waals surface area (Å²) in [6.45, 7) is 7.15. The van der Waals surface area contributed by atoms with E-state index in [9.17, 15) is 9.00 Å². The Morgan fingerprint density at radius 1 is 1.14 bits per heavy atom. The molecule has 1 unspecified atom stereocenters. The summed E-state index contributed by atoms with van der Waals surface area (Å²) in [5.41, 5.74) is 6.78. The molecule has 146 valence electrons. The Morgan fingerprint density at radius 2 is 1.83 bits per heavy atom. The van der Waals surface area contributed by atoms with Crippen molar-refractivity contribution in [3.8, 4) is 6.19 Å². The van der Waals surface area contributed by atoms with Gasteiger partial charge in [0.25, 0.3) is 0 Å². The smallest absolute Gasteiger partial charge is 0.214 e. The van der Waals surface area contributed by atoms with Gasteiger partial charge in [-0.25, -0.2) is 9.05 Å². The molecule has 6 heteroatoms. The molecule has 0 bridgehead atoms. The van der Waals surface area contributed by atoms with Crippen molar-refractivity contribution in [1.82, 2.24) is 0 Å². The summed E-state index contributed by atoms with van der Waals surface area (Å²) >= 11 is 0. The Morgan fingerprint density at radius 3 is 2.45 bits per heavy atom. The van der Waals surface area contributed by atoms with Crippen LogP contribution in [0.4, 0.5) is 5.69 Å². The number of benzene rings is 2. The fraction of sp³-hybridized carbons (Fsp3) is 0.348. The van der Waals surface area contributed by atoms with E-state index in [0.29, 0.717) is 5.69 Å². The number of nitrogens with zero attached hydrogens (tertiary/aromatic N) is 3. The zero-order chi connectivity index (χ0) is 20.4. The highest BCUT2D eigenvalue weighted by molar-refractivity contribution is 7.94. The van der Waals surface area contributed by atoms with Gasteiger partial charge in [-0.2, -0.15) is 5.26 Å². The predicted molar refractivity (Wildman–Crippen MR) is 111 cm³/mol. The number of carbonyl (C=O) groups excluding carboxylic acids is 1. The minimum Gasteiger partial charge on any atom is -0.298 e. The third-order valence-electron chi connectivity index (χ3n) is 5.83. The quantitative estimate of drug-likeness (QED) is 0.551. The maximum absolute atomic E-state index is 13.4. The van der Waals surface area contributed by atoms with Gasteiger partial charge in [-0.05, 0) is 78.5 Å². The fourth-order valence-electron chi connectivity index (χ4n) is 4.60. The lowest BCUT2D eigenvalue weighted by Crippen LogP contribution is -2.19. The third kappa shape index (κ3) is 3.69. The molecular weight excluding hydrogens is 382 g/mol. The van der Waals surface area contributed by atoms with Crippen LogP contribution in [0.15, 0.2) is 39.6 Å². The van der Waals surface area contributed by atoms with Gasteiger partial charge in [0.1, 0.15) is 0 Å². The molecule has 4 rings (SSSR count). The second-order valence-electron chi connectivity index (χ2n) is 7.64. The maximum Gasteiger partial charge on any atom is 0.214 e. The molecule has 0 aliphatic heterocycles. The Balaban J connectivity index is 1.66. The Labute approximate surface area is 171 Å². The first-order valence-electron chi connectivity index (χ1n) is 9.81. The Bertz CT molecular complexity index is 1180. The lowest BCUT2D eigenvalue weighted by Gasteiger charge is -2.15. The molecule has 0 saturated carbocycles. The van der Waals surface area contributed by atoms with Crippen molar-refractivity contribution in [2.45, 2.75) is 49.8 Å². The molecule has 2 aromatic carbocycles. The molecule has 0 aromatic heterocycles. The van der Waals surface area contributed by atoms with Crippen molar-refractivity contribution in [2.75, 3.05) is 5.75 Å². The lowest BCUT2D eigenvalue weighted by atomic mass is 9.91. The lowest BCUT2D eigenvalue weighted by molar-refractivity contribution is -0.116. The molecule has 29 heavy (non-hydrogen) atoms. The second-order valence-corrected chi connectivity index (χ2v) is 9.86. The second kappa shape index (κ2) is 7.81. The molecule has 0 spiro atoms. The van der Waals surface area contributed by atoms with Crippen LogP contribution in [0.2, 0.25) is 0 Å². The number of Topliss-reactive ketones (excluding diaryl/α,β-unsaturated/α-hetero) is 1. The van der Waals surface area contributed by atoms with Gasteiger partial charge in [-0.15, -0.1) is 4.36 Å². The molecule has 0 radical (unpaired) electrons. The minimum absolute atomic E-state index is 0.170. The van der Waals surface area contributed by atoms with Crippen LogP contribution in [0.5, 0.6) is 0 Å². The van der Waals surface area contributed by atoms with Crippen molar-refractivity contribution in [1.29, 1.82) is 5.26 Å². The SMILES string of the molecule is [C-]#[N+]c1cccc(S(=O)(CC(=O)Cc2c3c(cc4c2CCC4)CCC3)=NC#N)c1. The van der Waals surface area contributed by atoms with E-state index >= 15 is 0 Å². The minimum atomic E-state index is -3.23. The maximum atomic E-state index is 13.4. The standard InChI is InChI=1S/C23H21N3O2S/c1-25-18-7-4-8-20(12-18)29(28,26-15-24)14-19(27)13-23-21-9-2-5-16(21)11-17-6-3-10-22(17)23/h4,7-8,11-12H,2-3,5-6,9-10,13-14H2. The van der Waals surface area contributed by atoms with Crippen LogP contribution in [0.1, 0.15) is 40.7 Å². The van der Waals surface area contributed by atoms with Crippen LogP contribution in [0.3, 0.4) is 0 Å². The highest BCUT2D eigenvalue weighted by Crippen LogP contribution is 2.35. The predicted octanol–water partition coefficient (Wildman–Crippen LogP) is 4.33. The van der Waals surface area contributed by atoms with Crippen LogP contribution in [0, 0.1) is 18.0 Å². The number of aryl methyl sites for hydroxylation is 2. The van der Waals surface area contributed by atoms with Gasteiger partial charge in [0, 0.05) is 11.3 Å². The number of carbonyl (C=O) groups is 1. The zero-order valence-corrected chi connectivity index (χ0v) is 16.9. The van der Waals surface area contributed by atoms with Crippen molar-refractivity contribution in [3.05, 3.63) is 69.6 Å². The number of fused-ring (bicyclic) bond motifs is 2. The van der Waals surface area contributed by atoms with Gasteiger partial charge in [0.05, 0.1) is 22.1 Å². The molecular formula is C23H21N3O2S. The van der Waals surface area contributed by atoms with Crippen molar-refractivity contribution in [3.63, 3.8) is 0 Å². The van der Waals surface area contributed by atoms with Gasteiger partial charge in [0.2, 0.25) is 6.19 Å². The van der Waals surface area contributed by atoms with Crippen LogP contribution in [-0.2, 0) is 46.6 Å². The van der Waals surface area contributed by atoms with E-state index in [1.807, 2.05) is 0 Å². The number of nitriles is 1. The van der Waals surface area contributed by atoms with Crippen molar-refractivity contribution < 1.29 is 9.00 Å². The van der Waals surface area contributed by atoms with Gasteiger partial charge >= 0.3 is 0 Å². The normalized spacial score (nSPS) is 16.2. The van der Waals surface area contributed by atoms with Gasteiger partial charge in [-0.3, -0.25) is 4.79 Å². The topological polar surface area (TPSA) is 74.7 Å². The highest BCUT2D eigenvalue weighted by Gasteiger charge is 2.26. The molecule has 5 nitrogen and oxygen atoms in total. The summed E-state index contributed by atoms with van der Waals surface area (Å²) in [7, 11) is -3.23. The first-order chi connectivity index (χ1) is 14.0. The molecule has 0 fully saturated rings. The monoisotopic (exact) mass is 403 g/mol. The van der Waals surface area contributed by atoms with E-state index in [4.69, 9.17) is 11.8 Å². The molecule has 0 N–H and O–H groups in total. The third-order valence-corrected chi connectivity index (χ3v) is 7.91. The Hall–Kier alpha value is -2.96. The summed E-state index contributed by atoms with van der Waals surface area (Å²) in [6, 6.07) is 8.56. The zero-order valence-electron chi connectivity index (χ0n) is 16.1. The number of ketones is 1. The summed E-state index contributed by atoms with van der Waals surface area (Å²) in [4.78, 5) is 16.6. The van der Waals surface area contributed by atoms with E-state index in [2.05, 4.69) is 15.3 Å². The molecule has 0 heterocycles. The first kappa shape index (κ1) is 19.4. The number of hydrogen-bond acceptors (Lipinski definition) is 4. The van der Waals surface area contributed by atoms with Crippen LogP contribution < -0.4 is 0 Å². The van der Waals surface area contributed by atoms with Crippen molar-refractivity contribution in [2.24, 2.45) is 4.36 Å². The van der Waals surface area contributed by atoms with Gasteiger partial charge in [0.15, 0.2) is 11.5 Å². The van der Waals surface area contributed by atoms with E-state index in [1.165, 1.54) is 28.3 Å². The highest BCUT2D eigenvalue weighted by atomic mass is 32.2. The van der Waals surface area contributed by atoms with Crippen LogP contribution in [-0.4, -0.2) is 15.7 Å². The van der Waals surface area contributed by atoms with Gasteiger partial charge < -0.3 is 0 Å². The average molecular weight is 404 g/mol. The van der Waals surface area contributed by atoms with E-state index in [1.54, 1.807) is 24.4 Å². The number of rotatable bonds is 5. The van der Waals surface area contributed by atoms with Gasteiger partial charge in [-0.1, -0.05) is 18.2 Å². The van der Waals surface area contributed by atoms with Crippen LogP contribution in [0.25, 0.3) is 4.85 Å². The first-order valence-corrected chi connectivity index (χ1v) is 11.5. The van der Waals surface area contributed by atoms with Crippen LogP contribution >= 0.6 is 0 Å².